The van der Waals surface area contributed by atoms with Crippen molar-refractivity contribution in [3.05, 3.63) is 0 Å². The number of rotatable bonds is 5. The number of likely N-dealkylation sites (tertiary alicyclic amines) is 1. The predicted molar refractivity (Wildman–Crippen MR) is 74.5 cm³/mol. The molecule has 4 nitrogen and oxygen atoms in total. The van der Waals surface area contributed by atoms with E-state index in [1.807, 2.05) is 0 Å². The Kier molecular flexibility index (Phi) is 3.73. The summed E-state index contributed by atoms with van der Waals surface area (Å²) >= 11 is 0. The number of guanidine groups is 1. The van der Waals surface area contributed by atoms with Gasteiger partial charge in [0.25, 0.3) is 0 Å². The monoisotopic (exact) mass is 250 g/mol. The summed E-state index contributed by atoms with van der Waals surface area (Å²) < 4.78 is 0. The van der Waals surface area contributed by atoms with E-state index in [-0.39, 0.29) is 0 Å². The van der Waals surface area contributed by atoms with E-state index in [9.17, 15) is 0 Å². The van der Waals surface area contributed by atoms with E-state index in [2.05, 4.69) is 15.2 Å². The number of nitrogens with zero attached hydrogens (tertiary/aromatic N) is 2. The van der Waals surface area contributed by atoms with Crippen molar-refractivity contribution in [2.75, 3.05) is 26.2 Å². The van der Waals surface area contributed by atoms with E-state index in [1.54, 1.807) is 0 Å². The van der Waals surface area contributed by atoms with Crippen molar-refractivity contribution >= 4 is 5.96 Å². The Labute approximate surface area is 110 Å². The van der Waals surface area contributed by atoms with Crippen molar-refractivity contribution in [2.24, 2.45) is 22.6 Å². The number of hydrogen-bond donors (Lipinski definition) is 2. The van der Waals surface area contributed by atoms with Crippen LogP contribution in [0.4, 0.5) is 0 Å². The van der Waals surface area contributed by atoms with Crippen LogP contribution in [-0.2, 0) is 0 Å². The summed E-state index contributed by atoms with van der Waals surface area (Å²) in [5.74, 6) is 2.23. The molecule has 0 aromatic carbocycles. The lowest BCUT2D eigenvalue weighted by Gasteiger charge is -2.25. The summed E-state index contributed by atoms with van der Waals surface area (Å²) in [4.78, 5) is 7.14. The lowest BCUT2D eigenvalue weighted by Crippen LogP contribution is -2.37. The van der Waals surface area contributed by atoms with Gasteiger partial charge < -0.3 is 16.0 Å². The van der Waals surface area contributed by atoms with Gasteiger partial charge in [-0.3, -0.25) is 4.99 Å². The van der Waals surface area contributed by atoms with E-state index in [1.165, 1.54) is 51.6 Å². The fourth-order valence-electron chi connectivity index (χ4n) is 3.01. The Hall–Kier alpha value is -0.770. The summed E-state index contributed by atoms with van der Waals surface area (Å²) in [6.07, 6.45) is 8.25. The van der Waals surface area contributed by atoms with Crippen molar-refractivity contribution in [3.63, 3.8) is 0 Å². The lowest BCUT2D eigenvalue weighted by molar-refractivity contribution is 0.313. The lowest BCUT2D eigenvalue weighted by atomic mass is 9.85. The Balaban J connectivity index is 1.34. The van der Waals surface area contributed by atoms with Gasteiger partial charge in [-0.1, -0.05) is 6.42 Å². The minimum absolute atomic E-state index is 0.659. The van der Waals surface area contributed by atoms with Crippen LogP contribution in [0, 0.1) is 11.8 Å². The van der Waals surface area contributed by atoms with Crippen molar-refractivity contribution in [1.29, 1.82) is 0 Å². The highest BCUT2D eigenvalue weighted by molar-refractivity contribution is 5.77. The third kappa shape index (κ3) is 3.16. The summed E-state index contributed by atoms with van der Waals surface area (Å²) in [7, 11) is 0. The number of nitrogens with one attached hydrogen (secondary N) is 1. The number of aliphatic imine (C=N–C) groups is 1. The van der Waals surface area contributed by atoms with Gasteiger partial charge in [0.1, 0.15) is 0 Å². The van der Waals surface area contributed by atoms with Crippen molar-refractivity contribution in [1.82, 2.24) is 10.2 Å². The molecule has 1 atom stereocenters. The fraction of sp³-hybridized carbons (Fsp3) is 0.929. The molecule has 0 aromatic rings. The van der Waals surface area contributed by atoms with Gasteiger partial charge in [0, 0.05) is 25.7 Å². The second kappa shape index (κ2) is 5.47. The van der Waals surface area contributed by atoms with Crippen LogP contribution in [0.3, 0.4) is 0 Å². The van der Waals surface area contributed by atoms with Gasteiger partial charge in [0.15, 0.2) is 5.96 Å². The molecule has 18 heavy (non-hydrogen) atoms. The second-order valence-corrected chi connectivity index (χ2v) is 6.28. The molecule has 0 radical (unpaired) electrons. The van der Waals surface area contributed by atoms with Crippen LogP contribution in [-0.4, -0.2) is 43.1 Å². The summed E-state index contributed by atoms with van der Waals surface area (Å²) in [5.41, 5.74) is 5.91. The van der Waals surface area contributed by atoms with Crippen LogP contribution in [0.15, 0.2) is 4.99 Å². The maximum Gasteiger partial charge on any atom is 0.188 e. The zero-order chi connectivity index (χ0) is 12.4. The van der Waals surface area contributed by atoms with E-state index in [0.717, 1.165) is 31.0 Å². The molecular weight excluding hydrogens is 224 g/mol. The maximum absolute atomic E-state index is 5.91. The topological polar surface area (TPSA) is 53.6 Å². The van der Waals surface area contributed by atoms with Gasteiger partial charge in [-0.25, -0.2) is 0 Å². The molecule has 0 spiro atoms. The Morgan fingerprint density at radius 2 is 2.00 bits per heavy atom. The second-order valence-electron chi connectivity index (χ2n) is 6.28. The average molecular weight is 250 g/mol. The first-order valence-electron chi connectivity index (χ1n) is 7.59. The van der Waals surface area contributed by atoms with E-state index in [0.29, 0.717) is 5.96 Å². The fourth-order valence-corrected chi connectivity index (χ4v) is 3.01. The van der Waals surface area contributed by atoms with Crippen LogP contribution >= 0.6 is 0 Å². The van der Waals surface area contributed by atoms with Gasteiger partial charge in [-0.15, -0.1) is 0 Å². The first kappa shape index (κ1) is 12.3. The smallest absolute Gasteiger partial charge is 0.188 e. The third-order valence-corrected chi connectivity index (χ3v) is 4.70. The molecule has 3 fully saturated rings. The molecule has 0 aromatic heterocycles. The Morgan fingerprint density at radius 1 is 1.17 bits per heavy atom. The molecule has 3 N–H and O–H groups in total. The molecule has 2 saturated carbocycles. The van der Waals surface area contributed by atoms with Crippen molar-refractivity contribution in [2.45, 2.75) is 44.6 Å². The Morgan fingerprint density at radius 3 is 2.67 bits per heavy atom. The van der Waals surface area contributed by atoms with Crippen molar-refractivity contribution in [3.8, 4) is 0 Å². The van der Waals surface area contributed by atoms with Crippen LogP contribution < -0.4 is 11.1 Å². The highest BCUT2D eigenvalue weighted by Gasteiger charge is 2.34. The summed E-state index contributed by atoms with van der Waals surface area (Å²) in [6, 6.07) is 0.910. The zero-order valence-electron chi connectivity index (χ0n) is 11.3. The standard InChI is InChI=1S/C14H26N4/c15-14(16-8-11-2-1-3-11)17-9-12-6-7-18(10-12)13-4-5-13/h11-13H,1-10H2,(H3,15,16,17). The molecule has 3 aliphatic rings. The van der Waals surface area contributed by atoms with Crippen LogP contribution in [0.5, 0.6) is 0 Å². The zero-order valence-corrected chi connectivity index (χ0v) is 11.3. The largest absolute Gasteiger partial charge is 0.370 e. The van der Waals surface area contributed by atoms with Crippen LogP contribution in [0.25, 0.3) is 0 Å². The number of hydrogen-bond acceptors (Lipinski definition) is 2. The molecule has 0 bridgehead atoms. The summed E-state index contributed by atoms with van der Waals surface area (Å²) in [5, 5.41) is 3.27. The molecule has 1 aliphatic heterocycles. The predicted octanol–water partition coefficient (Wildman–Crippen LogP) is 1.18. The van der Waals surface area contributed by atoms with Crippen LogP contribution in [0.1, 0.15) is 38.5 Å². The molecule has 1 unspecified atom stereocenters. The molecular formula is C14H26N4. The van der Waals surface area contributed by atoms with Crippen LogP contribution in [0.2, 0.25) is 0 Å². The van der Waals surface area contributed by atoms with E-state index in [4.69, 9.17) is 5.73 Å². The van der Waals surface area contributed by atoms with E-state index >= 15 is 0 Å². The molecule has 0 amide bonds. The first-order chi connectivity index (χ1) is 8.81. The highest BCUT2D eigenvalue weighted by Crippen LogP contribution is 2.31. The maximum atomic E-state index is 5.91. The van der Waals surface area contributed by atoms with Gasteiger partial charge in [-0.2, -0.15) is 0 Å². The molecule has 2 aliphatic carbocycles. The Bertz CT molecular complexity index is 307. The minimum atomic E-state index is 0.659. The van der Waals surface area contributed by atoms with Crippen molar-refractivity contribution < 1.29 is 0 Å². The molecule has 3 rings (SSSR count). The number of nitrogens with two attached hydrogens (primary N) is 1. The van der Waals surface area contributed by atoms with Gasteiger partial charge in [0.2, 0.25) is 0 Å². The quantitative estimate of drug-likeness (QED) is 0.569. The highest BCUT2D eigenvalue weighted by atomic mass is 15.2. The van der Waals surface area contributed by atoms with E-state index < -0.39 is 0 Å². The first-order valence-corrected chi connectivity index (χ1v) is 7.59. The summed E-state index contributed by atoms with van der Waals surface area (Å²) in [6.45, 7) is 4.45. The third-order valence-electron chi connectivity index (χ3n) is 4.70. The molecule has 1 heterocycles. The van der Waals surface area contributed by atoms with Gasteiger partial charge in [0.05, 0.1) is 0 Å². The normalized spacial score (nSPS) is 30.4. The van der Waals surface area contributed by atoms with Gasteiger partial charge in [-0.05, 0) is 50.5 Å². The average Bonchev–Trinajstić information content (AvgIpc) is 3.04. The molecule has 102 valence electrons. The minimum Gasteiger partial charge on any atom is -0.370 e. The molecule has 1 saturated heterocycles. The SMILES string of the molecule is NC(=NCC1CCN(C2CC2)C1)NCC1CCC1. The molecule has 4 heteroatoms. The van der Waals surface area contributed by atoms with Gasteiger partial charge >= 0.3 is 0 Å².